The molecule has 1 aromatic heterocycles. The lowest BCUT2D eigenvalue weighted by Crippen LogP contribution is -2.08. The summed E-state index contributed by atoms with van der Waals surface area (Å²) in [6, 6.07) is 0. The van der Waals surface area contributed by atoms with Crippen LogP contribution in [0.4, 0.5) is 0 Å². The number of aliphatic hydroxyl groups excluding tert-OH is 1. The Balaban J connectivity index is 2.50. The normalized spacial score (nSPS) is 13.2. The van der Waals surface area contributed by atoms with E-state index < -0.39 is 0 Å². The van der Waals surface area contributed by atoms with Crippen molar-refractivity contribution >= 4 is 0 Å². The number of rotatable bonds is 4. The topological polar surface area (TPSA) is 50.9 Å². The third kappa shape index (κ3) is 2.30. The Bertz CT molecular complexity index is 232. The third-order valence-electron chi connectivity index (χ3n) is 1.78. The summed E-state index contributed by atoms with van der Waals surface area (Å²) in [4.78, 5) is 4.10. The van der Waals surface area contributed by atoms with E-state index in [-0.39, 0.29) is 6.10 Å². The first-order chi connectivity index (χ1) is 5.74. The van der Waals surface area contributed by atoms with Crippen molar-refractivity contribution in [1.29, 1.82) is 0 Å². The van der Waals surface area contributed by atoms with Crippen LogP contribution in [0.25, 0.3) is 0 Å². The van der Waals surface area contributed by atoms with Crippen LogP contribution in [-0.2, 0) is 13.0 Å². The Morgan fingerprint density at radius 1 is 1.67 bits per heavy atom. The molecule has 4 nitrogen and oxygen atoms in total. The maximum atomic E-state index is 9.06. The molecule has 0 fully saturated rings. The second-order valence-electron chi connectivity index (χ2n) is 2.88. The first kappa shape index (κ1) is 9.19. The van der Waals surface area contributed by atoms with Gasteiger partial charge in [-0.25, -0.2) is 4.98 Å². The van der Waals surface area contributed by atoms with E-state index in [2.05, 4.69) is 10.1 Å². The fourth-order valence-electron chi connectivity index (χ4n) is 1.08. The minimum atomic E-state index is -0.257. The summed E-state index contributed by atoms with van der Waals surface area (Å²) in [6.45, 7) is 4.66. The summed E-state index contributed by atoms with van der Waals surface area (Å²) < 4.78 is 1.85. The van der Waals surface area contributed by atoms with Crippen LogP contribution >= 0.6 is 0 Å². The summed E-state index contributed by atoms with van der Waals surface area (Å²) in [5, 5.41) is 13.1. The molecule has 1 aromatic rings. The summed E-state index contributed by atoms with van der Waals surface area (Å²) in [5.74, 6) is 0.957. The monoisotopic (exact) mass is 169 g/mol. The molecule has 0 aromatic carbocycles. The van der Waals surface area contributed by atoms with Crippen LogP contribution in [0, 0.1) is 0 Å². The van der Waals surface area contributed by atoms with Crippen LogP contribution in [0.15, 0.2) is 6.33 Å². The quantitative estimate of drug-likeness (QED) is 0.718. The Morgan fingerprint density at radius 2 is 2.42 bits per heavy atom. The van der Waals surface area contributed by atoms with E-state index in [9.17, 15) is 0 Å². The summed E-state index contributed by atoms with van der Waals surface area (Å²) >= 11 is 0. The molecule has 0 saturated heterocycles. The molecule has 68 valence electrons. The molecule has 0 saturated carbocycles. The minimum Gasteiger partial charge on any atom is -0.393 e. The van der Waals surface area contributed by atoms with Gasteiger partial charge in [0, 0.05) is 13.0 Å². The molecule has 12 heavy (non-hydrogen) atoms. The SMILES string of the molecule is CCn1ncnc1CCC(C)O. The molecule has 0 radical (unpaired) electrons. The largest absolute Gasteiger partial charge is 0.393 e. The third-order valence-corrected chi connectivity index (χ3v) is 1.78. The molecule has 1 N–H and O–H groups in total. The van der Waals surface area contributed by atoms with Gasteiger partial charge in [0.2, 0.25) is 0 Å². The van der Waals surface area contributed by atoms with Crippen molar-refractivity contribution in [2.24, 2.45) is 0 Å². The Kier molecular flexibility index (Phi) is 3.22. The number of nitrogens with zero attached hydrogens (tertiary/aromatic N) is 3. The van der Waals surface area contributed by atoms with Crippen LogP contribution in [0.5, 0.6) is 0 Å². The van der Waals surface area contributed by atoms with Crippen LogP contribution in [0.2, 0.25) is 0 Å². The fraction of sp³-hybridized carbons (Fsp3) is 0.750. The highest BCUT2D eigenvalue weighted by Gasteiger charge is 2.03. The van der Waals surface area contributed by atoms with Crippen molar-refractivity contribution in [1.82, 2.24) is 14.8 Å². The average molecular weight is 169 g/mol. The molecule has 0 bridgehead atoms. The highest BCUT2D eigenvalue weighted by Crippen LogP contribution is 2.01. The van der Waals surface area contributed by atoms with Gasteiger partial charge in [-0.15, -0.1) is 0 Å². The number of aromatic nitrogens is 3. The molecule has 0 aliphatic heterocycles. The molecule has 1 atom stereocenters. The molecule has 1 heterocycles. The van der Waals surface area contributed by atoms with Gasteiger partial charge in [-0.05, 0) is 20.3 Å². The van der Waals surface area contributed by atoms with Crippen LogP contribution in [-0.4, -0.2) is 26.0 Å². The lowest BCUT2D eigenvalue weighted by molar-refractivity contribution is 0.183. The van der Waals surface area contributed by atoms with Gasteiger partial charge in [0.1, 0.15) is 12.2 Å². The van der Waals surface area contributed by atoms with E-state index in [0.717, 1.165) is 25.2 Å². The van der Waals surface area contributed by atoms with Crippen LogP contribution < -0.4 is 0 Å². The first-order valence-electron chi connectivity index (χ1n) is 4.28. The molecule has 0 amide bonds. The van der Waals surface area contributed by atoms with Crippen molar-refractivity contribution in [2.75, 3.05) is 0 Å². The second kappa shape index (κ2) is 4.21. The Labute approximate surface area is 72.2 Å². The highest BCUT2D eigenvalue weighted by atomic mass is 16.3. The molecular weight excluding hydrogens is 154 g/mol. The van der Waals surface area contributed by atoms with Gasteiger partial charge in [0.05, 0.1) is 6.10 Å². The lowest BCUT2D eigenvalue weighted by atomic mass is 10.2. The Morgan fingerprint density at radius 3 is 3.00 bits per heavy atom. The zero-order chi connectivity index (χ0) is 8.97. The molecule has 1 unspecified atom stereocenters. The molecule has 4 heteroatoms. The van der Waals surface area contributed by atoms with E-state index in [4.69, 9.17) is 5.11 Å². The maximum absolute atomic E-state index is 9.06. The predicted molar refractivity (Wildman–Crippen MR) is 45.7 cm³/mol. The van der Waals surface area contributed by atoms with Gasteiger partial charge < -0.3 is 5.11 Å². The van der Waals surface area contributed by atoms with Crippen LogP contribution in [0.1, 0.15) is 26.1 Å². The first-order valence-corrected chi connectivity index (χ1v) is 4.28. The van der Waals surface area contributed by atoms with E-state index in [1.165, 1.54) is 0 Å². The fourth-order valence-corrected chi connectivity index (χ4v) is 1.08. The maximum Gasteiger partial charge on any atom is 0.138 e. The van der Waals surface area contributed by atoms with Gasteiger partial charge in [-0.3, -0.25) is 4.68 Å². The predicted octanol–water partition coefficient (Wildman–Crippen LogP) is 0.611. The van der Waals surface area contributed by atoms with E-state index in [0.29, 0.717) is 0 Å². The van der Waals surface area contributed by atoms with Crippen molar-refractivity contribution in [3.8, 4) is 0 Å². The van der Waals surface area contributed by atoms with Crippen molar-refractivity contribution in [2.45, 2.75) is 39.3 Å². The standard InChI is InChI=1S/C8H15N3O/c1-3-11-8(9-6-10-11)5-4-7(2)12/h6-7,12H,3-5H2,1-2H3. The van der Waals surface area contributed by atoms with E-state index >= 15 is 0 Å². The summed E-state index contributed by atoms with van der Waals surface area (Å²) in [7, 11) is 0. The van der Waals surface area contributed by atoms with Crippen molar-refractivity contribution in [3.63, 3.8) is 0 Å². The van der Waals surface area contributed by atoms with Gasteiger partial charge in [0.25, 0.3) is 0 Å². The number of aryl methyl sites for hydroxylation is 2. The van der Waals surface area contributed by atoms with E-state index in [1.54, 1.807) is 13.3 Å². The van der Waals surface area contributed by atoms with Crippen LogP contribution in [0.3, 0.4) is 0 Å². The van der Waals surface area contributed by atoms with E-state index in [1.807, 2.05) is 11.6 Å². The van der Waals surface area contributed by atoms with Gasteiger partial charge in [-0.1, -0.05) is 0 Å². The molecule has 0 spiro atoms. The Hall–Kier alpha value is -0.900. The van der Waals surface area contributed by atoms with Gasteiger partial charge in [0.15, 0.2) is 0 Å². The molecule has 0 aliphatic rings. The zero-order valence-corrected chi connectivity index (χ0v) is 7.56. The number of aliphatic hydroxyl groups is 1. The lowest BCUT2D eigenvalue weighted by Gasteiger charge is -2.04. The summed E-state index contributed by atoms with van der Waals surface area (Å²) in [6.07, 6.45) is 2.84. The average Bonchev–Trinajstić information content (AvgIpc) is 2.47. The van der Waals surface area contributed by atoms with Crippen molar-refractivity contribution in [3.05, 3.63) is 12.2 Å². The van der Waals surface area contributed by atoms with Gasteiger partial charge >= 0.3 is 0 Å². The number of hydrogen-bond acceptors (Lipinski definition) is 3. The minimum absolute atomic E-state index is 0.257. The smallest absolute Gasteiger partial charge is 0.138 e. The zero-order valence-electron chi connectivity index (χ0n) is 7.56. The van der Waals surface area contributed by atoms with Gasteiger partial charge in [-0.2, -0.15) is 5.10 Å². The number of hydrogen-bond donors (Lipinski definition) is 1. The second-order valence-corrected chi connectivity index (χ2v) is 2.88. The molecular formula is C8H15N3O. The summed E-state index contributed by atoms with van der Waals surface area (Å²) in [5.41, 5.74) is 0. The van der Waals surface area contributed by atoms with Crippen molar-refractivity contribution < 1.29 is 5.11 Å². The molecule has 1 rings (SSSR count). The molecule has 0 aliphatic carbocycles. The highest BCUT2D eigenvalue weighted by molar-refractivity contribution is 4.84.